The van der Waals surface area contributed by atoms with Crippen LogP contribution in [0.5, 0.6) is 0 Å². The number of aromatic nitrogens is 1. The molecular weight excluding hydrogens is 254 g/mol. The highest BCUT2D eigenvalue weighted by atomic mass is 32.1. The molecule has 1 aliphatic rings. The molecule has 2 unspecified atom stereocenters. The van der Waals surface area contributed by atoms with Crippen LogP contribution in [0.25, 0.3) is 0 Å². The van der Waals surface area contributed by atoms with E-state index in [2.05, 4.69) is 43.3 Å². The maximum Gasteiger partial charge on any atom is 0.0900 e. The quantitative estimate of drug-likeness (QED) is 0.840. The highest BCUT2D eigenvalue weighted by molar-refractivity contribution is 7.11. The van der Waals surface area contributed by atoms with Crippen molar-refractivity contribution in [2.24, 2.45) is 0 Å². The van der Waals surface area contributed by atoms with Crippen LogP contribution in [0.3, 0.4) is 0 Å². The van der Waals surface area contributed by atoms with E-state index in [4.69, 9.17) is 0 Å². The zero-order valence-electron chi connectivity index (χ0n) is 12.7. The van der Waals surface area contributed by atoms with E-state index in [0.717, 1.165) is 6.54 Å². The van der Waals surface area contributed by atoms with Crippen molar-refractivity contribution >= 4 is 11.3 Å². The lowest BCUT2D eigenvalue weighted by molar-refractivity contribution is 0.313. The smallest absolute Gasteiger partial charge is 0.0900 e. The molecule has 0 aromatic carbocycles. The molecule has 0 spiro atoms. The Hall–Kier alpha value is -0.450. The number of aryl methyl sites for hydroxylation is 2. The molecule has 2 atom stereocenters. The summed E-state index contributed by atoms with van der Waals surface area (Å²) in [4.78, 5) is 5.92. The Kier molecular flexibility index (Phi) is 4.98. The molecule has 0 aliphatic carbocycles. The van der Waals surface area contributed by atoms with Gasteiger partial charge in [0, 0.05) is 23.0 Å². The lowest BCUT2D eigenvalue weighted by Gasteiger charge is -2.31. The molecule has 0 saturated carbocycles. The van der Waals surface area contributed by atoms with E-state index < -0.39 is 0 Å². The van der Waals surface area contributed by atoms with Gasteiger partial charge in [-0.3, -0.25) is 0 Å². The van der Waals surface area contributed by atoms with Gasteiger partial charge < -0.3 is 10.6 Å². The number of nitrogens with zero attached hydrogens (tertiary/aromatic N) is 1. The van der Waals surface area contributed by atoms with Crippen LogP contribution in [0, 0.1) is 13.8 Å². The van der Waals surface area contributed by atoms with Crippen molar-refractivity contribution in [3.8, 4) is 0 Å². The van der Waals surface area contributed by atoms with E-state index in [9.17, 15) is 0 Å². The largest absolute Gasteiger partial charge is 0.310 e. The van der Waals surface area contributed by atoms with Gasteiger partial charge in [-0.2, -0.15) is 0 Å². The SMILES string of the molecule is CCCC1(CNC(C)c2sc(C)nc2C)CCCN1. The van der Waals surface area contributed by atoms with Gasteiger partial charge in [-0.25, -0.2) is 4.98 Å². The standard InChI is InChI=1S/C15H27N3S/c1-5-7-15(8-6-9-17-15)10-16-11(2)14-12(3)18-13(4)19-14/h11,16-17H,5-10H2,1-4H3. The monoisotopic (exact) mass is 281 g/mol. The third-order valence-electron chi connectivity index (χ3n) is 4.14. The lowest BCUT2D eigenvalue weighted by atomic mass is 9.91. The van der Waals surface area contributed by atoms with Crippen molar-refractivity contribution in [1.82, 2.24) is 15.6 Å². The fraction of sp³-hybridized carbons (Fsp3) is 0.800. The second-order valence-corrected chi connectivity index (χ2v) is 7.08. The van der Waals surface area contributed by atoms with Crippen LogP contribution in [-0.4, -0.2) is 23.6 Å². The molecule has 1 aromatic rings. The van der Waals surface area contributed by atoms with E-state index in [1.165, 1.54) is 47.8 Å². The molecule has 0 bridgehead atoms. The Morgan fingerprint density at radius 2 is 2.26 bits per heavy atom. The Morgan fingerprint density at radius 1 is 1.47 bits per heavy atom. The minimum absolute atomic E-state index is 0.330. The van der Waals surface area contributed by atoms with Gasteiger partial charge in [0.2, 0.25) is 0 Å². The molecule has 19 heavy (non-hydrogen) atoms. The van der Waals surface area contributed by atoms with E-state index >= 15 is 0 Å². The van der Waals surface area contributed by atoms with Crippen LogP contribution in [-0.2, 0) is 0 Å². The predicted octanol–water partition coefficient (Wildman–Crippen LogP) is 3.33. The van der Waals surface area contributed by atoms with Gasteiger partial charge in [-0.05, 0) is 46.6 Å². The molecule has 108 valence electrons. The molecule has 2 rings (SSSR count). The molecule has 2 N–H and O–H groups in total. The number of nitrogens with one attached hydrogen (secondary N) is 2. The number of thiazole rings is 1. The van der Waals surface area contributed by atoms with Crippen molar-refractivity contribution < 1.29 is 0 Å². The number of rotatable bonds is 6. The van der Waals surface area contributed by atoms with Crippen LogP contribution in [0.1, 0.15) is 61.2 Å². The predicted molar refractivity (Wildman–Crippen MR) is 82.9 cm³/mol. The van der Waals surface area contributed by atoms with E-state index in [1.807, 2.05) is 11.3 Å². The zero-order chi connectivity index (χ0) is 13.9. The summed E-state index contributed by atoms with van der Waals surface area (Å²) < 4.78 is 0. The van der Waals surface area contributed by atoms with Crippen molar-refractivity contribution in [2.75, 3.05) is 13.1 Å². The fourth-order valence-corrected chi connectivity index (χ4v) is 4.14. The van der Waals surface area contributed by atoms with Gasteiger partial charge in [0.1, 0.15) is 0 Å². The van der Waals surface area contributed by atoms with Crippen LogP contribution in [0.15, 0.2) is 0 Å². The van der Waals surface area contributed by atoms with Gasteiger partial charge in [0.15, 0.2) is 0 Å². The first-order valence-electron chi connectivity index (χ1n) is 7.49. The first-order valence-corrected chi connectivity index (χ1v) is 8.30. The van der Waals surface area contributed by atoms with Crippen LogP contribution in [0.2, 0.25) is 0 Å². The summed E-state index contributed by atoms with van der Waals surface area (Å²) in [5.41, 5.74) is 1.52. The molecule has 2 heterocycles. The van der Waals surface area contributed by atoms with Gasteiger partial charge in [-0.1, -0.05) is 13.3 Å². The van der Waals surface area contributed by atoms with Crippen molar-refractivity contribution in [2.45, 2.75) is 65.0 Å². The van der Waals surface area contributed by atoms with Crippen molar-refractivity contribution in [1.29, 1.82) is 0 Å². The van der Waals surface area contributed by atoms with Crippen molar-refractivity contribution in [3.05, 3.63) is 15.6 Å². The van der Waals surface area contributed by atoms with E-state index in [0.29, 0.717) is 11.6 Å². The highest BCUT2D eigenvalue weighted by Gasteiger charge is 2.32. The van der Waals surface area contributed by atoms with E-state index in [-0.39, 0.29) is 0 Å². The van der Waals surface area contributed by atoms with Crippen LogP contribution < -0.4 is 10.6 Å². The Balaban J connectivity index is 1.95. The minimum Gasteiger partial charge on any atom is -0.310 e. The summed E-state index contributed by atoms with van der Waals surface area (Å²) in [6.07, 6.45) is 5.14. The molecule has 4 heteroatoms. The van der Waals surface area contributed by atoms with E-state index in [1.54, 1.807) is 0 Å². The van der Waals surface area contributed by atoms with Gasteiger partial charge in [0.05, 0.1) is 10.7 Å². The lowest BCUT2D eigenvalue weighted by Crippen LogP contribution is -2.48. The van der Waals surface area contributed by atoms with Crippen LogP contribution in [0.4, 0.5) is 0 Å². The summed E-state index contributed by atoms with van der Waals surface area (Å²) in [5, 5.41) is 8.62. The summed E-state index contributed by atoms with van der Waals surface area (Å²) in [5.74, 6) is 0. The third kappa shape index (κ3) is 3.56. The molecule has 3 nitrogen and oxygen atoms in total. The zero-order valence-corrected chi connectivity index (χ0v) is 13.5. The average Bonchev–Trinajstić information content (AvgIpc) is 2.94. The highest BCUT2D eigenvalue weighted by Crippen LogP contribution is 2.27. The molecule has 1 aromatic heterocycles. The summed E-state index contributed by atoms with van der Waals surface area (Å²) in [7, 11) is 0. The minimum atomic E-state index is 0.330. The second kappa shape index (κ2) is 6.33. The van der Waals surface area contributed by atoms with Gasteiger partial charge >= 0.3 is 0 Å². The normalized spacial score (nSPS) is 24.8. The molecule has 1 aliphatic heterocycles. The Labute approximate surface area is 121 Å². The average molecular weight is 281 g/mol. The summed E-state index contributed by atoms with van der Waals surface area (Å²) >= 11 is 1.82. The summed E-state index contributed by atoms with van der Waals surface area (Å²) in [6.45, 7) is 11.0. The first kappa shape index (κ1) is 14.9. The maximum atomic E-state index is 4.53. The van der Waals surface area contributed by atoms with Crippen LogP contribution >= 0.6 is 11.3 Å². The Morgan fingerprint density at radius 3 is 2.79 bits per heavy atom. The third-order valence-corrected chi connectivity index (χ3v) is 5.40. The Bertz CT molecular complexity index is 408. The topological polar surface area (TPSA) is 37.0 Å². The molecule has 1 saturated heterocycles. The van der Waals surface area contributed by atoms with Gasteiger partial charge in [0.25, 0.3) is 0 Å². The van der Waals surface area contributed by atoms with Gasteiger partial charge in [-0.15, -0.1) is 11.3 Å². The molecule has 0 radical (unpaired) electrons. The fourth-order valence-electron chi connectivity index (χ4n) is 3.19. The maximum absolute atomic E-state index is 4.53. The second-order valence-electron chi connectivity index (χ2n) is 5.85. The summed E-state index contributed by atoms with van der Waals surface area (Å²) in [6, 6.07) is 0.405. The molecule has 1 fully saturated rings. The first-order chi connectivity index (χ1) is 9.06. The van der Waals surface area contributed by atoms with Crippen molar-refractivity contribution in [3.63, 3.8) is 0 Å². The number of hydrogen-bond acceptors (Lipinski definition) is 4. The molecule has 0 amide bonds. The molecular formula is C15H27N3S. The number of hydrogen-bond donors (Lipinski definition) is 2.